The molecule has 0 N–H and O–H groups in total. The Labute approximate surface area is 177 Å². The summed E-state index contributed by atoms with van der Waals surface area (Å²) in [6.07, 6.45) is 12.3. The number of nitrogens with zero attached hydrogens (tertiary/aromatic N) is 1. The second-order valence-corrected chi connectivity index (χ2v) is 23.4. The first-order valence-corrected chi connectivity index (χ1v) is 20.0. The van der Waals surface area contributed by atoms with E-state index in [4.69, 9.17) is 0 Å². The summed E-state index contributed by atoms with van der Waals surface area (Å²) in [5.74, 6) is 1.02. The van der Waals surface area contributed by atoms with E-state index in [1.165, 1.54) is 56.3 Å². The quantitative estimate of drug-likeness (QED) is 0.224. The zero-order chi connectivity index (χ0) is 20.6. The van der Waals surface area contributed by atoms with Crippen molar-refractivity contribution in [3.63, 3.8) is 0 Å². The van der Waals surface area contributed by atoms with Crippen molar-refractivity contribution in [2.45, 2.75) is 102 Å². The van der Waals surface area contributed by atoms with Crippen LogP contribution in [-0.4, -0.2) is 47.6 Å². The van der Waals surface area contributed by atoms with Crippen LogP contribution in [-0.2, 0) is 9.59 Å². The number of ketones is 1. The van der Waals surface area contributed by atoms with Gasteiger partial charge in [0.15, 0.2) is 0 Å². The van der Waals surface area contributed by atoms with E-state index in [0.29, 0.717) is 18.7 Å². The van der Waals surface area contributed by atoms with Crippen LogP contribution < -0.4 is 0 Å². The van der Waals surface area contributed by atoms with Crippen LogP contribution in [0.2, 0.25) is 17.7 Å². The molecule has 1 saturated carbocycles. The first-order chi connectivity index (χ1) is 13.5. The van der Waals surface area contributed by atoms with E-state index in [9.17, 15) is 9.59 Å². The first-order valence-electron chi connectivity index (χ1n) is 12.0. The summed E-state index contributed by atoms with van der Waals surface area (Å²) in [4.78, 5) is 28.1. The van der Waals surface area contributed by atoms with E-state index in [1.54, 1.807) is 6.08 Å². The molecule has 1 amide bonds. The van der Waals surface area contributed by atoms with Crippen LogP contribution in [0, 0.1) is 11.8 Å². The number of fused-ring (bicyclic) bond motifs is 1. The monoisotopic (exact) mass is 497 g/mol. The summed E-state index contributed by atoms with van der Waals surface area (Å²) in [6.45, 7) is 11.3. The fourth-order valence-corrected chi connectivity index (χ4v) is 23.2. The van der Waals surface area contributed by atoms with Gasteiger partial charge in [-0.3, -0.25) is 0 Å². The molecule has 1 aliphatic carbocycles. The number of hydrogen-bond donors (Lipinski definition) is 0. The van der Waals surface area contributed by atoms with E-state index >= 15 is 0 Å². The Morgan fingerprint density at radius 3 is 2.11 bits per heavy atom. The normalized spacial score (nSPS) is 25.2. The summed E-state index contributed by atoms with van der Waals surface area (Å²) < 4.78 is 5.54. The molecule has 1 heterocycles. The van der Waals surface area contributed by atoms with Crippen LogP contribution in [0.15, 0.2) is 12.7 Å². The van der Waals surface area contributed by atoms with Crippen LogP contribution in [0.3, 0.4) is 0 Å². The van der Waals surface area contributed by atoms with Crippen LogP contribution in [0.1, 0.15) is 78.6 Å². The molecule has 3 nitrogen and oxygen atoms in total. The standard InChI is InChI=1S/C12H16NO2.3C4H9.Sn/c1-3-7-13-11-9(8(2)12(13)15)5-4-6-10(11)14;3*1-3-4-2;/h3,8-9,11H,1-2,4-7H2;3*1,3-4H2,2H3;/t8-,9-,11?;;;;/m1..../s1. The van der Waals surface area contributed by atoms with E-state index < -0.39 is 18.4 Å². The fraction of sp³-hybridized carbons (Fsp3) is 0.833. The first kappa shape index (κ1) is 24.0. The van der Waals surface area contributed by atoms with Gasteiger partial charge in [-0.1, -0.05) is 0 Å². The molecule has 0 aromatic carbocycles. The number of Topliss-reactive ketones (excluding diaryl/α,β-unsaturated/α-hetero) is 1. The molecule has 4 heteroatoms. The van der Waals surface area contributed by atoms with Crippen LogP contribution in [0.5, 0.6) is 0 Å². The SMILES string of the molecule is C=CCN1C(=O)[C@H]([CH2][Sn]([CH2]CCC)([CH2]CCC)[CH2]CCC)[C@H]2CCCC(=O)C21. The van der Waals surface area contributed by atoms with Gasteiger partial charge in [0.25, 0.3) is 0 Å². The molecule has 0 aromatic heterocycles. The van der Waals surface area contributed by atoms with Gasteiger partial charge in [0.05, 0.1) is 0 Å². The van der Waals surface area contributed by atoms with Crippen molar-refractivity contribution in [3.05, 3.63) is 12.7 Å². The predicted octanol–water partition coefficient (Wildman–Crippen LogP) is 6.22. The number of hydrogen-bond acceptors (Lipinski definition) is 2. The Balaban J connectivity index is 2.29. The third kappa shape index (κ3) is 5.64. The summed E-state index contributed by atoms with van der Waals surface area (Å²) in [6, 6.07) is -0.142. The third-order valence-electron chi connectivity index (χ3n) is 7.31. The topological polar surface area (TPSA) is 37.4 Å². The Kier molecular flexibility index (Phi) is 10.1. The summed E-state index contributed by atoms with van der Waals surface area (Å²) >= 11 is -2.41. The van der Waals surface area contributed by atoms with Gasteiger partial charge in [-0.05, 0) is 0 Å². The fourth-order valence-electron chi connectivity index (χ4n) is 5.80. The van der Waals surface area contributed by atoms with Gasteiger partial charge in [-0.25, -0.2) is 0 Å². The molecule has 2 fully saturated rings. The van der Waals surface area contributed by atoms with E-state index in [2.05, 4.69) is 27.4 Å². The van der Waals surface area contributed by atoms with Crippen LogP contribution in [0.4, 0.5) is 0 Å². The van der Waals surface area contributed by atoms with Crippen molar-refractivity contribution < 1.29 is 9.59 Å². The van der Waals surface area contributed by atoms with Gasteiger partial charge in [0.1, 0.15) is 0 Å². The molecule has 0 aromatic rings. The molecule has 1 aliphatic heterocycles. The molecule has 0 bridgehead atoms. The number of unbranched alkanes of at least 4 members (excludes halogenated alkanes) is 3. The number of amides is 1. The zero-order valence-corrected chi connectivity index (χ0v) is 21.5. The number of rotatable bonds is 13. The average molecular weight is 496 g/mol. The van der Waals surface area contributed by atoms with Crippen molar-refractivity contribution in [3.8, 4) is 0 Å². The van der Waals surface area contributed by atoms with Crippen molar-refractivity contribution in [1.29, 1.82) is 0 Å². The minimum absolute atomic E-state index is 0.135. The average Bonchev–Trinajstić information content (AvgIpc) is 2.96. The van der Waals surface area contributed by atoms with Gasteiger partial charge in [-0.2, -0.15) is 0 Å². The van der Waals surface area contributed by atoms with E-state index in [-0.39, 0.29) is 23.8 Å². The molecule has 2 aliphatic rings. The minimum atomic E-state index is -2.41. The van der Waals surface area contributed by atoms with Crippen molar-refractivity contribution in [2.75, 3.05) is 6.54 Å². The molecule has 0 radical (unpaired) electrons. The van der Waals surface area contributed by atoms with Crippen molar-refractivity contribution in [1.82, 2.24) is 4.90 Å². The Morgan fingerprint density at radius 1 is 1.04 bits per heavy atom. The summed E-state index contributed by atoms with van der Waals surface area (Å²) in [5.41, 5.74) is 0. The predicted molar refractivity (Wildman–Crippen MR) is 121 cm³/mol. The van der Waals surface area contributed by atoms with Gasteiger partial charge in [-0.15, -0.1) is 0 Å². The molecule has 1 saturated heterocycles. The molecule has 1 unspecified atom stereocenters. The van der Waals surface area contributed by atoms with Gasteiger partial charge in [0, 0.05) is 0 Å². The maximum atomic E-state index is 13.5. The Morgan fingerprint density at radius 2 is 1.61 bits per heavy atom. The van der Waals surface area contributed by atoms with Crippen LogP contribution >= 0.6 is 0 Å². The number of carbonyl (C=O) groups excluding carboxylic acids is 2. The molecule has 2 rings (SSSR count). The summed E-state index contributed by atoms with van der Waals surface area (Å²) in [5, 5.41) is 0. The van der Waals surface area contributed by atoms with E-state index in [1.807, 2.05) is 4.90 Å². The second kappa shape index (κ2) is 11.8. The number of carbonyl (C=O) groups is 2. The molecule has 160 valence electrons. The van der Waals surface area contributed by atoms with Crippen molar-refractivity contribution in [2.24, 2.45) is 11.8 Å². The van der Waals surface area contributed by atoms with E-state index in [0.717, 1.165) is 12.8 Å². The zero-order valence-electron chi connectivity index (χ0n) is 18.7. The third-order valence-corrected chi connectivity index (χ3v) is 23.1. The Hall–Kier alpha value is -0.321. The van der Waals surface area contributed by atoms with Gasteiger partial charge in [0.2, 0.25) is 0 Å². The summed E-state index contributed by atoms with van der Waals surface area (Å²) in [7, 11) is 0. The molecule has 0 spiro atoms. The molecule has 3 atom stereocenters. The number of likely N-dealkylation sites (tertiary alicyclic amines) is 1. The van der Waals surface area contributed by atoms with Gasteiger partial charge >= 0.3 is 178 Å². The van der Waals surface area contributed by atoms with Gasteiger partial charge < -0.3 is 0 Å². The maximum absolute atomic E-state index is 13.5. The molecule has 28 heavy (non-hydrogen) atoms. The second-order valence-electron chi connectivity index (χ2n) is 9.37. The molecular weight excluding hydrogens is 453 g/mol. The molecular formula is C24H43NO2Sn. The Bertz CT molecular complexity index is 511. The van der Waals surface area contributed by atoms with Crippen molar-refractivity contribution >= 4 is 30.1 Å². The van der Waals surface area contributed by atoms with Crippen LogP contribution in [0.25, 0.3) is 0 Å².